The first-order chi connectivity index (χ1) is 6.81. The highest BCUT2D eigenvalue weighted by Crippen LogP contribution is 2.07. The lowest BCUT2D eigenvalue weighted by molar-refractivity contribution is 0.0999. The van der Waals surface area contributed by atoms with Gasteiger partial charge < -0.3 is 9.47 Å². The molecule has 0 amide bonds. The lowest BCUT2D eigenvalue weighted by atomic mass is 10.1. The van der Waals surface area contributed by atoms with Gasteiger partial charge in [0.2, 0.25) is 0 Å². The van der Waals surface area contributed by atoms with Gasteiger partial charge in [0.05, 0.1) is 0 Å². The van der Waals surface area contributed by atoms with Gasteiger partial charge in [-0.05, 0) is 31.6 Å². The van der Waals surface area contributed by atoms with Crippen molar-refractivity contribution >= 4 is 0 Å². The molecule has 0 saturated carbocycles. The maximum absolute atomic E-state index is 5.44. The van der Waals surface area contributed by atoms with Crippen molar-refractivity contribution in [2.75, 3.05) is 26.4 Å². The second kappa shape index (κ2) is 11.0. The van der Waals surface area contributed by atoms with Gasteiger partial charge in [-0.2, -0.15) is 0 Å². The zero-order chi connectivity index (χ0) is 10.6. The molecule has 0 bridgehead atoms. The molecule has 0 rings (SSSR count). The van der Waals surface area contributed by atoms with E-state index in [1.807, 2.05) is 0 Å². The van der Waals surface area contributed by atoms with E-state index in [9.17, 15) is 0 Å². The van der Waals surface area contributed by atoms with Crippen molar-refractivity contribution in [3.05, 3.63) is 0 Å². The lowest BCUT2D eigenvalue weighted by Gasteiger charge is -2.11. The van der Waals surface area contributed by atoms with Gasteiger partial charge in [0.15, 0.2) is 0 Å². The molecule has 0 atom stereocenters. The van der Waals surface area contributed by atoms with Gasteiger partial charge in [0.1, 0.15) is 0 Å². The molecule has 0 heterocycles. The van der Waals surface area contributed by atoms with E-state index < -0.39 is 0 Å². The Hall–Kier alpha value is -0.0800. The fraction of sp³-hybridized carbons (Fsp3) is 1.00. The van der Waals surface area contributed by atoms with Crippen molar-refractivity contribution in [2.45, 2.75) is 46.5 Å². The van der Waals surface area contributed by atoms with Gasteiger partial charge in [-0.25, -0.2) is 0 Å². The molecule has 14 heavy (non-hydrogen) atoms. The van der Waals surface area contributed by atoms with Crippen LogP contribution in [0.5, 0.6) is 0 Å². The minimum atomic E-state index is 0.726. The Morgan fingerprint density at radius 2 is 1.21 bits per heavy atom. The van der Waals surface area contributed by atoms with Crippen LogP contribution in [-0.4, -0.2) is 26.4 Å². The second-order valence-corrected chi connectivity index (χ2v) is 3.91. The van der Waals surface area contributed by atoms with Crippen molar-refractivity contribution in [3.63, 3.8) is 0 Å². The summed E-state index contributed by atoms with van der Waals surface area (Å²) < 4.78 is 10.9. The Morgan fingerprint density at radius 3 is 1.57 bits per heavy atom. The van der Waals surface area contributed by atoms with Crippen LogP contribution < -0.4 is 0 Å². The third-order valence-electron chi connectivity index (χ3n) is 2.21. The summed E-state index contributed by atoms with van der Waals surface area (Å²) in [6, 6.07) is 0. The smallest absolute Gasteiger partial charge is 0.0468 e. The number of ether oxygens (including phenoxy) is 2. The van der Waals surface area contributed by atoms with Gasteiger partial charge >= 0.3 is 0 Å². The van der Waals surface area contributed by atoms with E-state index in [0.717, 1.165) is 58.0 Å². The summed E-state index contributed by atoms with van der Waals surface area (Å²) in [5.41, 5.74) is 0. The van der Waals surface area contributed by atoms with Gasteiger partial charge in [0, 0.05) is 26.4 Å². The minimum Gasteiger partial charge on any atom is -0.381 e. The molecule has 0 radical (unpaired) electrons. The highest BCUT2D eigenvalue weighted by atomic mass is 16.5. The highest BCUT2D eigenvalue weighted by Gasteiger charge is 2.01. The van der Waals surface area contributed by atoms with Crippen LogP contribution in [0.4, 0.5) is 0 Å². The number of hydrogen-bond donors (Lipinski definition) is 0. The largest absolute Gasteiger partial charge is 0.381 e. The summed E-state index contributed by atoms with van der Waals surface area (Å²) in [5, 5.41) is 0. The molecule has 0 aliphatic heterocycles. The van der Waals surface area contributed by atoms with Gasteiger partial charge in [-0.3, -0.25) is 0 Å². The maximum Gasteiger partial charge on any atom is 0.0468 e. The van der Waals surface area contributed by atoms with Crippen molar-refractivity contribution in [1.29, 1.82) is 0 Å². The van der Waals surface area contributed by atoms with Crippen LogP contribution in [0.25, 0.3) is 0 Å². The Morgan fingerprint density at radius 1 is 0.786 bits per heavy atom. The molecular weight excluding hydrogens is 176 g/mol. The average Bonchev–Trinajstić information content (AvgIpc) is 2.19. The summed E-state index contributed by atoms with van der Waals surface area (Å²) in [4.78, 5) is 0. The standard InChI is InChI=1S/C12H26O2/c1-4-8-13-10-6-12(3)7-11-14-9-5-2/h12H,4-11H2,1-3H3. The van der Waals surface area contributed by atoms with E-state index in [2.05, 4.69) is 20.8 Å². The van der Waals surface area contributed by atoms with Crippen molar-refractivity contribution in [3.8, 4) is 0 Å². The van der Waals surface area contributed by atoms with Crippen molar-refractivity contribution in [2.24, 2.45) is 5.92 Å². The summed E-state index contributed by atoms with van der Waals surface area (Å²) >= 11 is 0. The summed E-state index contributed by atoms with van der Waals surface area (Å²) in [6.45, 7) is 10.2. The van der Waals surface area contributed by atoms with E-state index in [0.29, 0.717) is 0 Å². The molecule has 2 heteroatoms. The lowest BCUT2D eigenvalue weighted by Crippen LogP contribution is -2.06. The molecule has 0 spiro atoms. The number of rotatable bonds is 10. The molecule has 0 aliphatic rings. The zero-order valence-electron chi connectivity index (χ0n) is 10.1. The fourth-order valence-corrected chi connectivity index (χ4v) is 1.21. The molecule has 0 unspecified atom stereocenters. The van der Waals surface area contributed by atoms with Crippen molar-refractivity contribution in [1.82, 2.24) is 0 Å². The summed E-state index contributed by atoms with van der Waals surface area (Å²) in [5.74, 6) is 0.726. The summed E-state index contributed by atoms with van der Waals surface area (Å²) in [7, 11) is 0. The van der Waals surface area contributed by atoms with Gasteiger partial charge in [-0.1, -0.05) is 20.8 Å². The van der Waals surface area contributed by atoms with Crippen LogP contribution >= 0.6 is 0 Å². The van der Waals surface area contributed by atoms with Crippen LogP contribution in [0.15, 0.2) is 0 Å². The Labute approximate surface area is 89.0 Å². The first kappa shape index (κ1) is 13.9. The van der Waals surface area contributed by atoms with Crippen LogP contribution in [0, 0.1) is 5.92 Å². The van der Waals surface area contributed by atoms with Crippen LogP contribution in [0.2, 0.25) is 0 Å². The Kier molecular flexibility index (Phi) is 10.9. The predicted molar refractivity (Wildman–Crippen MR) is 60.6 cm³/mol. The molecule has 86 valence electrons. The maximum atomic E-state index is 5.44. The predicted octanol–water partition coefficient (Wildman–Crippen LogP) is 3.26. The van der Waals surface area contributed by atoms with E-state index in [1.54, 1.807) is 0 Å². The molecule has 0 N–H and O–H groups in total. The molecule has 0 aromatic heterocycles. The normalized spacial score (nSPS) is 11.1. The second-order valence-electron chi connectivity index (χ2n) is 3.91. The molecule has 2 nitrogen and oxygen atoms in total. The van der Waals surface area contributed by atoms with Crippen molar-refractivity contribution < 1.29 is 9.47 Å². The minimum absolute atomic E-state index is 0.726. The van der Waals surface area contributed by atoms with E-state index in [4.69, 9.17) is 9.47 Å². The summed E-state index contributed by atoms with van der Waals surface area (Å²) in [6.07, 6.45) is 4.56. The van der Waals surface area contributed by atoms with Crippen LogP contribution in [-0.2, 0) is 9.47 Å². The SMILES string of the molecule is CCCOCCC(C)CCOCCC. The highest BCUT2D eigenvalue weighted by molar-refractivity contribution is 4.51. The molecule has 0 saturated heterocycles. The molecule has 0 aliphatic carbocycles. The average molecular weight is 202 g/mol. The Balaban J connectivity index is 3.07. The fourth-order valence-electron chi connectivity index (χ4n) is 1.21. The van der Waals surface area contributed by atoms with Gasteiger partial charge in [0.25, 0.3) is 0 Å². The molecule has 0 aromatic rings. The quantitative estimate of drug-likeness (QED) is 0.506. The van der Waals surface area contributed by atoms with E-state index in [-0.39, 0.29) is 0 Å². The Bertz CT molecular complexity index is 92.5. The van der Waals surface area contributed by atoms with Gasteiger partial charge in [-0.15, -0.1) is 0 Å². The first-order valence-electron chi connectivity index (χ1n) is 5.96. The van der Waals surface area contributed by atoms with E-state index in [1.165, 1.54) is 0 Å². The third kappa shape index (κ3) is 10.0. The van der Waals surface area contributed by atoms with E-state index >= 15 is 0 Å². The molecular formula is C12H26O2. The number of hydrogen-bond acceptors (Lipinski definition) is 2. The molecule has 0 aromatic carbocycles. The molecule has 0 fully saturated rings. The van der Waals surface area contributed by atoms with Crippen LogP contribution in [0.3, 0.4) is 0 Å². The first-order valence-corrected chi connectivity index (χ1v) is 5.96. The third-order valence-corrected chi connectivity index (χ3v) is 2.21. The zero-order valence-corrected chi connectivity index (χ0v) is 10.1. The topological polar surface area (TPSA) is 18.5 Å². The monoisotopic (exact) mass is 202 g/mol. The van der Waals surface area contributed by atoms with Crippen LogP contribution in [0.1, 0.15) is 46.5 Å².